The minimum absolute atomic E-state index is 0.0454. The minimum atomic E-state index is -0.538. The molecule has 0 bridgehead atoms. The lowest BCUT2D eigenvalue weighted by Gasteiger charge is -2.21. The van der Waals surface area contributed by atoms with Crippen LogP contribution in [0.15, 0.2) is 18.2 Å². The molecule has 3 nitrogen and oxygen atoms in total. The van der Waals surface area contributed by atoms with Crippen LogP contribution in [0.25, 0.3) is 0 Å². The van der Waals surface area contributed by atoms with Crippen LogP contribution < -0.4 is 5.32 Å². The minimum Gasteiger partial charge on any atom is -0.381 e. The Morgan fingerprint density at radius 3 is 3.00 bits per heavy atom. The van der Waals surface area contributed by atoms with E-state index in [2.05, 4.69) is 5.32 Å². The molecule has 1 saturated heterocycles. The fourth-order valence-corrected chi connectivity index (χ4v) is 1.88. The number of halogens is 2. The van der Waals surface area contributed by atoms with Crippen LogP contribution >= 0.6 is 11.6 Å². The van der Waals surface area contributed by atoms with Gasteiger partial charge in [-0.2, -0.15) is 0 Å². The average Bonchev–Trinajstić information content (AvgIpc) is 2.35. The van der Waals surface area contributed by atoms with Crippen LogP contribution in [0.4, 0.5) is 10.1 Å². The molecule has 1 aromatic rings. The van der Waals surface area contributed by atoms with Gasteiger partial charge in [0, 0.05) is 12.3 Å². The molecular formula is C12H13ClFNO2. The van der Waals surface area contributed by atoms with E-state index in [9.17, 15) is 9.18 Å². The molecule has 0 aliphatic carbocycles. The Balaban J connectivity index is 1.99. The van der Waals surface area contributed by atoms with E-state index >= 15 is 0 Å². The number of anilines is 1. The molecule has 1 amide bonds. The lowest BCUT2D eigenvalue weighted by molar-refractivity contribution is -0.123. The fraction of sp³-hybridized carbons (Fsp3) is 0.417. The van der Waals surface area contributed by atoms with Gasteiger partial charge in [0.1, 0.15) is 5.82 Å². The molecule has 5 heteroatoms. The zero-order valence-corrected chi connectivity index (χ0v) is 9.97. The van der Waals surface area contributed by atoms with Crippen LogP contribution in [0.1, 0.15) is 12.8 Å². The molecule has 1 N–H and O–H groups in total. The smallest absolute Gasteiger partial charge is 0.229 e. The highest BCUT2D eigenvalue weighted by atomic mass is 35.5. The third-order valence-corrected chi connectivity index (χ3v) is 3.02. The Hall–Kier alpha value is -1.13. The van der Waals surface area contributed by atoms with Gasteiger partial charge < -0.3 is 10.1 Å². The maximum Gasteiger partial charge on any atom is 0.229 e. The number of hydrogen-bond acceptors (Lipinski definition) is 2. The zero-order valence-electron chi connectivity index (χ0n) is 9.21. The maximum absolute atomic E-state index is 13.2. The first kappa shape index (κ1) is 12.3. The van der Waals surface area contributed by atoms with E-state index in [-0.39, 0.29) is 16.8 Å². The highest BCUT2D eigenvalue weighted by Crippen LogP contribution is 2.20. The van der Waals surface area contributed by atoms with Gasteiger partial charge >= 0.3 is 0 Å². The molecule has 0 spiro atoms. The van der Waals surface area contributed by atoms with Crippen molar-refractivity contribution in [3.63, 3.8) is 0 Å². The Morgan fingerprint density at radius 2 is 2.35 bits per heavy atom. The third-order valence-electron chi connectivity index (χ3n) is 2.72. The number of carbonyl (C=O) groups is 1. The molecule has 1 unspecified atom stereocenters. The normalized spacial score (nSPS) is 20.0. The van der Waals surface area contributed by atoms with Crippen molar-refractivity contribution in [2.24, 2.45) is 5.92 Å². The van der Waals surface area contributed by atoms with E-state index in [0.717, 1.165) is 12.8 Å². The van der Waals surface area contributed by atoms with Crippen LogP contribution in [0.5, 0.6) is 0 Å². The number of hydrogen-bond donors (Lipinski definition) is 1. The summed E-state index contributed by atoms with van der Waals surface area (Å²) in [6, 6.07) is 4.21. The number of ether oxygens (including phenoxy) is 1. The van der Waals surface area contributed by atoms with Gasteiger partial charge in [-0.15, -0.1) is 0 Å². The van der Waals surface area contributed by atoms with Crippen molar-refractivity contribution in [3.8, 4) is 0 Å². The van der Waals surface area contributed by atoms with Crippen molar-refractivity contribution < 1.29 is 13.9 Å². The summed E-state index contributed by atoms with van der Waals surface area (Å²) >= 11 is 5.56. The molecular weight excluding hydrogens is 245 g/mol. The predicted octanol–water partition coefficient (Wildman–Crippen LogP) is 2.84. The Morgan fingerprint density at radius 1 is 1.53 bits per heavy atom. The molecule has 92 valence electrons. The summed E-state index contributed by atoms with van der Waals surface area (Å²) in [5, 5.41) is 2.71. The first-order valence-corrected chi connectivity index (χ1v) is 5.88. The standard InChI is InChI=1S/C12H13ClFNO2/c13-10-4-3-9(6-11(10)14)15-12(16)8-2-1-5-17-7-8/h3-4,6,8H,1-2,5,7H2,(H,15,16). The molecule has 1 aliphatic heterocycles. The van der Waals surface area contributed by atoms with Gasteiger partial charge in [-0.1, -0.05) is 11.6 Å². The first-order chi connectivity index (χ1) is 8.16. The van der Waals surface area contributed by atoms with Crippen molar-refractivity contribution in [3.05, 3.63) is 29.0 Å². The predicted molar refractivity (Wildman–Crippen MR) is 63.6 cm³/mol. The molecule has 1 aromatic carbocycles. The fourth-order valence-electron chi connectivity index (χ4n) is 1.77. The van der Waals surface area contributed by atoms with Gasteiger partial charge in [0.05, 0.1) is 17.5 Å². The van der Waals surface area contributed by atoms with E-state index in [1.54, 1.807) is 6.07 Å². The largest absolute Gasteiger partial charge is 0.381 e. The Labute approximate surface area is 104 Å². The highest BCUT2D eigenvalue weighted by molar-refractivity contribution is 6.30. The van der Waals surface area contributed by atoms with Gasteiger partial charge in [-0.3, -0.25) is 4.79 Å². The van der Waals surface area contributed by atoms with Crippen LogP contribution in [0, 0.1) is 11.7 Å². The van der Waals surface area contributed by atoms with E-state index in [4.69, 9.17) is 16.3 Å². The number of benzene rings is 1. The van der Waals surface area contributed by atoms with Gasteiger partial charge in [0.2, 0.25) is 5.91 Å². The summed E-state index contributed by atoms with van der Waals surface area (Å²) in [7, 11) is 0. The van der Waals surface area contributed by atoms with Crippen LogP contribution in [0.2, 0.25) is 5.02 Å². The van der Waals surface area contributed by atoms with Crippen LogP contribution in [-0.2, 0) is 9.53 Å². The molecule has 1 heterocycles. The van der Waals surface area contributed by atoms with Gasteiger partial charge in [-0.25, -0.2) is 4.39 Å². The lowest BCUT2D eigenvalue weighted by Crippen LogP contribution is -2.30. The molecule has 1 aliphatic rings. The zero-order chi connectivity index (χ0) is 12.3. The van der Waals surface area contributed by atoms with E-state index in [1.165, 1.54) is 12.1 Å². The molecule has 17 heavy (non-hydrogen) atoms. The number of rotatable bonds is 2. The van der Waals surface area contributed by atoms with E-state index < -0.39 is 5.82 Å². The summed E-state index contributed by atoms with van der Waals surface area (Å²) in [6.07, 6.45) is 1.69. The number of carbonyl (C=O) groups excluding carboxylic acids is 1. The second-order valence-corrected chi connectivity index (χ2v) is 4.44. The van der Waals surface area contributed by atoms with E-state index in [0.29, 0.717) is 18.9 Å². The quantitative estimate of drug-likeness (QED) is 0.885. The molecule has 2 rings (SSSR count). The second-order valence-electron chi connectivity index (χ2n) is 4.03. The average molecular weight is 258 g/mol. The summed E-state index contributed by atoms with van der Waals surface area (Å²) in [6.45, 7) is 1.14. The first-order valence-electron chi connectivity index (χ1n) is 5.50. The van der Waals surface area contributed by atoms with Gasteiger partial charge in [0.15, 0.2) is 0 Å². The van der Waals surface area contributed by atoms with Crippen molar-refractivity contribution in [1.82, 2.24) is 0 Å². The number of nitrogens with one attached hydrogen (secondary N) is 1. The Bertz CT molecular complexity index is 419. The summed E-state index contributed by atoms with van der Waals surface area (Å²) in [5.41, 5.74) is 0.419. The molecule has 0 saturated carbocycles. The summed E-state index contributed by atoms with van der Waals surface area (Å²) in [4.78, 5) is 11.8. The summed E-state index contributed by atoms with van der Waals surface area (Å²) in [5.74, 6) is -0.821. The highest BCUT2D eigenvalue weighted by Gasteiger charge is 2.21. The number of amides is 1. The molecule has 1 fully saturated rings. The van der Waals surface area contributed by atoms with Crippen LogP contribution in [0.3, 0.4) is 0 Å². The van der Waals surface area contributed by atoms with Crippen LogP contribution in [-0.4, -0.2) is 19.1 Å². The Kier molecular flexibility index (Phi) is 3.97. The SMILES string of the molecule is O=C(Nc1ccc(Cl)c(F)c1)C1CCCOC1. The van der Waals surface area contributed by atoms with Crippen molar-refractivity contribution in [2.45, 2.75) is 12.8 Å². The van der Waals surface area contributed by atoms with Gasteiger partial charge in [-0.05, 0) is 31.0 Å². The third kappa shape index (κ3) is 3.17. The summed E-state index contributed by atoms with van der Waals surface area (Å²) < 4.78 is 18.4. The monoisotopic (exact) mass is 257 g/mol. The second kappa shape index (κ2) is 5.47. The van der Waals surface area contributed by atoms with Gasteiger partial charge in [0.25, 0.3) is 0 Å². The van der Waals surface area contributed by atoms with Crippen molar-refractivity contribution in [2.75, 3.05) is 18.5 Å². The lowest BCUT2D eigenvalue weighted by atomic mass is 10.0. The maximum atomic E-state index is 13.2. The molecule has 0 radical (unpaired) electrons. The molecule has 0 aromatic heterocycles. The topological polar surface area (TPSA) is 38.3 Å². The van der Waals surface area contributed by atoms with Crippen molar-refractivity contribution >= 4 is 23.2 Å². The van der Waals surface area contributed by atoms with E-state index in [1.807, 2.05) is 0 Å². The van der Waals surface area contributed by atoms with Crippen molar-refractivity contribution in [1.29, 1.82) is 0 Å². The molecule has 1 atom stereocenters.